The van der Waals surface area contributed by atoms with E-state index < -0.39 is 0 Å². The molecule has 1 aromatic heterocycles. The second-order valence-corrected chi connectivity index (χ2v) is 6.92. The number of amides is 1. The van der Waals surface area contributed by atoms with Crippen LogP contribution in [0.4, 0.5) is 11.5 Å². The summed E-state index contributed by atoms with van der Waals surface area (Å²) >= 11 is 0. The molecule has 1 amide bonds. The third-order valence-electron chi connectivity index (χ3n) is 5.14. The molecule has 3 aliphatic heterocycles. The van der Waals surface area contributed by atoms with Crippen molar-refractivity contribution in [2.24, 2.45) is 0 Å². The quantitative estimate of drug-likeness (QED) is 0.882. The lowest BCUT2D eigenvalue weighted by Crippen LogP contribution is -2.69. The van der Waals surface area contributed by atoms with Crippen LogP contribution in [0.15, 0.2) is 36.7 Å². The predicted octanol–water partition coefficient (Wildman–Crippen LogP) is 1.70. The summed E-state index contributed by atoms with van der Waals surface area (Å²) in [6.07, 6.45) is 2.76. The summed E-state index contributed by atoms with van der Waals surface area (Å²) in [5, 5.41) is 2.96. The maximum absolute atomic E-state index is 12.4. The molecule has 1 aromatic carbocycles. The van der Waals surface area contributed by atoms with Crippen LogP contribution >= 0.6 is 0 Å². The number of carbonyl (C=O) groups excluding carboxylic acids is 1. The third-order valence-corrected chi connectivity index (χ3v) is 5.14. The number of methoxy groups -OCH3 is 1. The Kier molecular flexibility index (Phi) is 4.46. The van der Waals surface area contributed by atoms with Gasteiger partial charge in [0.05, 0.1) is 13.7 Å². The second-order valence-electron chi connectivity index (χ2n) is 6.92. The van der Waals surface area contributed by atoms with E-state index in [9.17, 15) is 4.79 Å². The monoisotopic (exact) mass is 353 g/mol. The topological polar surface area (TPSA) is 70.6 Å². The van der Waals surface area contributed by atoms with Gasteiger partial charge >= 0.3 is 0 Å². The van der Waals surface area contributed by atoms with Gasteiger partial charge in [0.15, 0.2) is 0 Å². The van der Waals surface area contributed by atoms with Gasteiger partial charge in [-0.05, 0) is 25.5 Å². The highest BCUT2D eigenvalue weighted by atomic mass is 16.5. The number of fused-ring (bicyclic) bond motifs is 2. The molecule has 136 valence electrons. The minimum Gasteiger partial charge on any atom is -0.497 e. The van der Waals surface area contributed by atoms with Crippen LogP contribution in [0.3, 0.4) is 0 Å². The number of benzene rings is 1. The van der Waals surface area contributed by atoms with Gasteiger partial charge in [0.1, 0.15) is 17.9 Å². The number of carbonyl (C=O) groups is 1. The van der Waals surface area contributed by atoms with E-state index in [4.69, 9.17) is 4.74 Å². The maximum atomic E-state index is 12.4. The summed E-state index contributed by atoms with van der Waals surface area (Å²) < 4.78 is 5.20. The lowest BCUT2D eigenvalue weighted by molar-refractivity contribution is -0.121. The second kappa shape index (κ2) is 6.92. The van der Waals surface area contributed by atoms with Gasteiger partial charge < -0.3 is 15.0 Å². The number of anilines is 2. The van der Waals surface area contributed by atoms with E-state index in [1.807, 2.05) is 37.3 Å². The van der Waals surface area contributed by atoms with Crippen molar-refractivity contribution in [1.29, 1.82) is 0 Å². The molecule has 3 saturated heterocycles. The molecule has 2 atom stereocenters. The number of nitrogens with one attached hydrogen (secondary N) is 1. The van der Waals surface area contributed by atoms with Gasteiger partial charge in [0.2, 0.25) is 5.91 Å². The first-order chi connectivity index (χ1) is 12.6. The number of hydrogen-bond donors (Lipinski definition) is 1. The number of ether oxygens (including phenoxy) is 1. The highest BCUT2D eigenvalue weighted by molar-refractivity contribution is 5.92. The highest BCUT2D eigenvalue weighted by Gasteiger charge is 2.45. The normalized spacial score (nSPS) is 21.8. The fraction of sp³-hybridized carbons (Fsp3) is 0.421. The lowest BCUT2D eigenvalue weighted by atomic mass is 9.87. The molecular formula is C19H23N5O2. The van der Waals surface area contributed by atoms with E-state index >= 15 is 0 Å². The molecule has 2 aromatic rings. The summed E-state index contributed by atoms with van der Waals surface area (Å²) in [5.74, 6) is 1.73. The lowest BCUT2D eigenvalue weighted by Gasteiger charge is -2.56. The van der Waals surface area contributed by atoms with Crippen LogP contribution in [0.5, 0.6) is 5.75 Å². The Bertz CT molecular complexity index is 800. The van der Waals surface area contributed by atoms with E-state index in [0.717, 1.165) is 42.5 Å². The van der Waals surface area contributed by atoms with Crippen molar-refractivity contribution in [1.82, 2.24) is 14.9 Å². The number of rotatable bonds is 5. The zero-order valence-electron chi connectivity index (χ0n) is 15.1. The Hall–Kier alpha value is -2.67. The summed E-state index contributed by atoms with van der Waals surface area (Å²) in [6, 6.07) is 10.3. The first-order valence-electron chi connectivity index (χ1n) is 8.85. The average Bonchev–Trinajstić information content (AvgIpc) is 2.66. The SMILES string of the molecule is COc1cccc(NC(=O)CN2C3CC2CN(c2cc(C)ncn2)C3)c1. The first-order valence-corrected chi connectivity index (χ1v) is 8.85. The fourth-order valence-electron chi connectivity index (χ4n) is 3.81. The van der Waals surface area contributed by atoms with Gasteiger partial charge in [-0.15, -0.1) is 0 Å². The standard InChI is InChI=1S/C19H23N5O2/c1-13-6-18(21-12-20-13)23-9-15-8-16(10-23)24(15)11-19(25)22-14-4-3-5-17(7-14)26-2/h3-7,12,15-16H,8-11H2,1-2H3,(H,22,25). The molecule has 0 radical (unpaired) electrons. The number of aromatic nitrogens is 2. The van der Waals surface area contributed by atoms with E-state index in [1.54, 1.807) is 13.4 Å². The smallest absolute Gasteiger partial charge is 0.238 e. The van der Waals surface area contributed by atoms with Gasteiger partial charge in [0.25, 0.3) is 0 Å². The van der Waals surface area contributed by atoms with Crippen molar-refractivity contribution in [2.75, 3.05) is 37.0 Å². The molecule has 3 aliphatic rings. The maximum Gasteiger partial charge on any atom is 0.238 e. The number of nitrogens with zero attached hydrogens (tertiary/aromatic N) is 4. The van der Waals surface area contributed by atoms with E-state index in [2.05, 4.69) is 25.1 Å². The van der Waals surface area contributed by atoms with Crippen LogP contribution in [0.1, 0.15) is 12.1 Å². The molecule has 0 spiro atoms. The Morgan fingerprint density at radius 3 is 2.81 bits per heavy atom. The molecule has 0 saturated carbocycles. The predicted molar refractivity (Wildman–Crippen MR) is 99.5 cm³/mol. The molecule has 26 heavy (non-hydrogen) atoms. The van der Waals surface area contributed by atoms with Gasteiger partial charge in [-0.1, -0.05) is 6.07 Å². The van der Waals surface area contributed by atoms with Crippen LogP contribution in [0.2, 0.25) is 0 Å². The fourth-order valence-corrected chi connectivity index (χ4v) is 3.81. The van der Waals surface area contributed by atoms with Crippen LogP contribution in [0.25, 0.3) is 0 Å². The van der Waals surface area contributed by atoms with Crippen molar-refractivity contribution in [3.63, 3.8) is 0 Å². The van der Waals surface area contributed by atoms with Gasteiger partial charge in [-0.2, -0.15) is 0 Å². The summed E-state index contributed by atoms with van der Waals surface area (Å²) in [5.41, 5.74) is 1.74. The summed E-state index contributed by atoms with van der Waals surface area (Å²) in [7, 11) is 1.62. The van der Waals surface area contributed by atoms with Crippen LogP contribution in [-0.2, 0) is 4.79 Å². The zero-order valence-corrected chi connectivity index (χ0v) is 15.1. The molecular weight excluding hydrogens is 330 g/mol. The van der Waals surface area contributed by atoms with Crippen LogP contribution < -0.4 is 15.0 Å². The van der Waals surface area contributed by atoms with Gasteiger partial charge in [0, 0.05) is 48.7 Å². The molecule has 1 N–H and O–H groups in total. The summed E-state index contributed by atoms with van der Waals surface area (Å²) in [4.78, 5) is 25.5. The molecule has 3 fully saturated rings. The Balaban J connectivity index is 1.34. The Morgan fingerprint density at radius 1 is 1.27 bits per heavy atom. The third kappa shape index (κ3) is 3.35. The van der Waals surface area contributed by atoms with E-state index in [-0.39, 0.29) is 5.91 Å². The Labute approximate surface area is 153 Å². The van der Waals surface area contributed by atoms with Crippen molar-refractivity contribution < 1.29 is 9.53 Å². The molecule has 4 heterocycles. The minimum absolute atomic E-state index is 0.0132. The number of hydrogen-bond acceptors (Lipinski definition) is 6. The zero-order chi connectivity index (χ0) is 18.1. The molecule has 5 rings (SSSR count). The van der Waals surface area contributed by atoms with E-state index in [0.29, 0.717) is 18.6 Å². The van der Waals surface area contributed by atoms with Crippen molar-refractivity contribution >= 4 is 17.4 Å². The first kappa shape index (κ1) is 16.8. The van der Waals surface area contributed by atoms with Gasteiger partial charge in [-0.3, -0.25) is 9.69 Å². The molecule has 7 nitrogen and oxygen atoms in total. The molecule has 2 unspecified atom stereocenters. The number of piperidine rings is 1. The largest absolute Gasteiger partial charge is 0.497 e. The molecule has 2 bridgehead atoms. The minimum atomic E-state index is 0.0132. The van der Waals surface area contributed by atoms with Crippen molar-refractivity contribution in [2.45, 2.75) is 25.4 Å². The molecule has 0 aliphatic carbocycles. The number of aryl methyl sites for hydroxylation is 1. The van der Waals surface area contributed by atoms with Crippen LogP contribution in [0, 0.1) is 6.92 Å². The van der Waals surface area contributed by atoms with Crippen molar-refractivity contribution in [3.8, 4) is 5.75 Å². The van der Waals surface area contributed by atoms with Crippen LogP contribution in [-0.4, -0.2) is 59.6 Å². The summed E-state index contributed by atoms with van der Waals surface area (Å²) in [6.45, 7) is 4.20. The average molecular weight is 353 g/mol. The molecule has 7 heteroatoms. The van der Waals surface area contributed by atoms with E-state index in [1.165, 1.54) is 0 Å². The highest BCUT2D eigenvalue weighted by Crippen LogP contribution is 2.33. The Morgan fingerprint density at radius 2 is 2.08 bits per heavy atom. The number of piperazine rings is 1. The van der Waals surface area contributed by atoms with Gasteiger partial charge in [-0.25, -0.2) is 9.97 Å². The van der Waals surface area contributed by atoms with Crippen molar-refractivity contribution in [3.05, 3.63) is 42.4 Å².